The number of non-ortho nitro benzene ring substituents is 1. The van der Waals surface area contributed by atoms with Gasteiger partial charge in [0.25, 0.3) is 5.69 Å². The molecule has 0 saturated carbocycles. The van der Waals surface area contributed by atoms with E-state index in [-0.39, 0.29) is 29.5 Å². The molecule has 10 heteroatoms. The summed E-state index contributed by atoms with van der Waals surface area (Å²) >= 11 is 3.51. The van der Waals surface area contributed by atoms with Gasteiger partial charge in [-0.3, -0.25) is 10.1 Å². The lowest BCUT2D eigenvalue weighted by atomic mass is 9.83. The first-order valence-electron chi connectivity index (χ1n) is 9.96. The van der Waals surface area contributed by atoms with Gasteiger partial charge in [-0.1, -0.05) is 18.2 Å². The molecule has 1 aliphatic rings. The number of phenolic OH excluding ortho intramolecular Hbond substituents is 1. The van der Waals surface area contributed by atoms with Crippen LogP contribution in [0.15, 0.2) is 70.5 Å². The Balaban J connectivity index is 1.72. The molecule has 0 spiro atoms. The minimum absolute atomic E-state index is 0.00867. The van der Waals surface area contributed by atoms with Gasteiger partial charge in [-0.2, -0.15) is 5.26 Å². The zero-order chi connectivity index (χ0) is 24.4. The van der Waals surface area contributed by atoms with Crippen molar-refractivity contribution in [3.63, 3.8) is 0 Å². The van der Waals surface area contributed by atoms with Crippen LogP contribution in [0.2, 0.25) is 0 Å². The molecule has 0 saturated heterocycles. The van der Waals surface area contributed by atoms with Gasteiger partial charge in [0.2, 0.25) is 5.88 Å². The molecule has 9 nitrogen and oxygen atoms in total. The van der Waals surface area contributed by atoms with Crippen molar-refractivity contribution in [3.05, 3.63) is 97.3 Å². The Morgan fingerprint density at radius 2 is 2.06 bits per heavy atom. The standard InChI is InChI=1S/C24H18BrN3O6/c1-32-21-9-14(22-17-6-5-16(29)10-20(17)34-24(27)18(22)11-26)8-19(25)23(21)33-12-13-3-2-4-15(7-13)28(30)31/h2-10,22,29H,12,27H2,1H3/t22-/m1/s1. The summed E-state index contributed by atoms with van der Waals surface area (Å²) in [4.78, 5) is 10.6. The average Bonchev–Trinajstić information content (AvgIpc) is 2.82. The van der Waals surface area contributed by atoms with Gasteiger partial charge in [0, 0.05) is 23.8 Å². The van der Waals surface area contributed by atoms with Crippen LogP contribution in [-0.2, 0) is 6.61 Å². The van der Waals surface area contributed by atoms with E-state index < -0.39 is 10.8 Å². The van der Waals surface area contributed by atoms with Gasteiger partial charge in [0.05, 0.1) is 22.4 Å². The summed E-state index contributed by atoms with van der Waals surface area (Å²) in [5.41, 5.74) is 8.15. The smallest absolute Gasteiger partial charge is 0.269 e. The SMILES string of the molecule is COc1cc([C@H]2C(C#N)=C(N)Oc3cc(O)ccc32)cc(Br)c1OCc1cccc([N+](=O)[O-])c1. The zero-order valence-electron chi connectivity index (χ0n) is 17.8. The summed E-state index contributed by atoms with van der Waals surface area (Å²) in [6.07, 6.45) is 0. The largest absolute Gasteiger partial charge is 0.508 e. The first-order chi connectivity index (χ1) is 16.3. The number of nitro groups is 1. The summed E-state index contributed by atoms with van der Waals surface area (Å²) in [5.74, 6) is 0.526. The van der Waals surface area contributed by atoms with Gasteiger partial charge in [0.1, 0.15) is 29.7 Å². The third-order valence-electron chi connectivity index (χ3n) is 5.29. The third-order valence-corrected chi connectivity index (χ3v) is 5.88. The fourth-order valence-electron chi connectivity index (χ4n) is 3.75. The molecular weight excluding hydrogens is 506 g/mol. The maximum absolute atomic E-state index is 11.0. The molecule has 3 aromatic rings. The molecule has 3 aromatic carbocycles. The van der Waals surface area contributed by atoms with Gasteiger partial charge in [-0.05, 0) is 45.3 Å². The van der Waals surface area contributed by atoms with E-state index >= 15 is 0 Å². The maximum atomic E-state index is 11.0. The molecule has 0 fully saturated rings. The highest BCUT2D eigenvalue weighted by Crippen LogP contribution is 2.47. The Morgan fingerprint density at radius 1 is 1.26 bits per heavy atom. The number of halogens is 1. The molecule has 3 N–H and O–H groups in total. The highest BCUT2D eigenvalue weighted by molar-refractivity contribution is 9.10. The van der Waals surface area contributed by atoms with Crippen molar-refractivity contribution in [1.29, 1.82) is 5.26 Å². The van der Waals surface area contributed by atoms with Crippen molar-refractivity contribution in [2.75, 3.05) is 7.11 Å². The van der Waals surface area contributed by atoms with Crippen LogP contribution in [0.3, 0.4) is 0 Å². The van der Waals surface area contributed by atoms with E-state index in [4.69, 9.17) is 19.9 Å². The lowest BCUT2D eigenvalue weighted by Gasteiger charge is -2.27. The molecule has 172 valence electrons. The quantitative estimate of drug-likeness (QED) is 0.344. The molecule has 1 heterocycles. The van der Waals surface area contributed by atoms with Crippen molar-refractivity contribution < 1.29 is 24.2 Å². The number of ether oxygens (including phenoxy) is 3. The second-order valence-corrected chi connectivity index (χ2v) is 8.25. The average molecular weight is 524 g/mol. The highest BCUT2D eigenvalue weighted by Gasteiger charge is 2.32. The molecule has 0 aromatic heterocycles. The number of hydrogen-bond acceptors (Lipinski definition) is 8. The Hall–Kier alpha value is -4.23. The van der Waals surface area contributed by atoms with Crippen LogP contribution in [0.1, 0.15) is 22.6 Å². The van der Waals surface area contributed by atoms with Crippen LogP contribution in [0.25, 0.3) is 0 Å². The van der Waals surface area contributed by atoms with E-state index in [0.717, 1.165) is 0 Å². The fraction of sp³-hybridized carbons (Fsp3) is 0.125. The lowest BCUT2D eigenvalue weighted by molar-refractivity contribution is -0.384. The van der Waals surface area contributed by atoms with Crippen LogP contribution < -0.4 is 19.9 Å². The Kier molecular flexibility index (Phi) is 6.30. The first-order valence-corrected chi connectivity index (χ1v) is 10.8. The minimum atomic E-state index is -0.564. The first kappa shape index (κ1) is 22.9. The van der Waals surface area contributed by atoms with Crippen molar-refractivity contribution in [2.24, 2.45) is 5.73 Å². The number of aromatic hydroxyl groups is 1. The predicted octanol–water partition coefficient (Wildman–Crippen LogP) is 4.87. The number of nitrogens with zero attached hydrogens (tertiary/aromatic N) is 2. The van der Waals surface area contributed by atoms with E-state index in [0.29, 0.717) is 38.4 Å². The van der Waals surface area contributed by atoms with E-state index in [1.54, 1.807) is 30.3 Å². The summed E-state index contributed by atoms with van der Waals surface area (Å²) in [6, 6.07) is 16.4. The molecule has 0 radical (unpaired) electrons. The normalized spacial score (nSPS) is 14.6. The second-order valence-electron chi connectivity index (χ2n) is 7.40. The highest BCUT2D eigenvalue weighted by atomic mass is 79.9. The number of hydrogen-bond donors (Lipinski definition) is 2. The number of phenols is 1. The zero-order valence-corrected chi connectivity index (χ0v) is 19.4. The Morgan fingerprint density at radius 3 is 2.76 bits per heavy atom. The number of nitriles is 1. The topological polar surface area (TPSA) is 141 Å². The second kappa shape index (κ2) is 9.33. The van der Waals surface area contributed by atoms with Gasteiger partial charge >= 0.3 is 0 Å². The Bertz CT molecular complexity index is 1370. The molecule has 0 amide bonds. The minimum Gasteiger partial charge on any atom is -0.508 e. The number of methoxy groups -OCH3 is 1. The molecule has 1 atom stereocenters. The molecule has 0 aliphatic carbocycles. The monoisotopic (exact) mass is 523 g/mol. The summed E-state index contributed by atoms with van der Waals surface area (Å²) < 4.78 is 17.6. The van der Waals surface area contributed by atoms with Crippen molar-refractivity contribution in [3.8, 4) is 29.1 Å². The van der Waals surface area contributed by atoms with Crippen molar-refractivity contribution in [2.45, 2.75) is 12.5 Å². The number of nitrogens with two attached hydrogens (primary N) is 1. The molecular formula is C24H18BrN3O6. The van der Waals surface area contributed by atoms with Gasteiger partial charge in [-0.25, -0.2) is 0 Å². The van der Waals surface area contributed by atoms with Crippen LogP contribution in [0.5, 0.6) is 23.0 Å². The number of benzene rings is 3. The number of nitro benzene ring substituents is 1. The predicted molar refractivity (Wildman–Crippen MR) is 126 cm³/mol. The third kappa shape index (κ3) is 4.33. The van der Waals surface area contributed by atoms with Crippen LogP contribution in [-0.4, -0.2) is 17.1 Å². The molecule has 34 heavy (non-hydrogen) atoms. The van der Waals surface area contributed by atoms with Crippen LogP contribution >= 0.6 is 15.9 Å². The number of allylic oxidation sites excluding steroid dienone is 1. The summed E-state index contributed by atoms with van der Waals surface area (Å²) in [6.45, 7) is 0.0751. The van der Waals surface area contributed by atoms with E-state index in [1.807, 2.05) is 0 Å². The van der Waals surface area contributed by atoms with Crippen molar-refractivity contribution in [1.82, 2.24) is 0 Å². The molecule has 0 unspecified atom stereocenters. The number of rotatable bonds is 6. The van der Waals surface area contributed by atoms with Crippen LogP contribution in [0, 0.1) is 21.4 Å². The summed E-state index contributed by atoms with van der Waals surface area (Å²) in [7, 11) is 1.48. The van der Waals surface area contributed by atoms with E-state index in [1.165, 1.54) is 31.4 Å². The lowest BCUT2D eigenvalue weighted by Crippen LogP contribution is -2.21. The van der Waals surface area contributed by atoms with Crippen LogP contribution in [0.4, 0.5) is 5.69 Å². The maximum Gasteiger partial charge on any atom is 0.269 e. The van der Waals surface area contributed by atoms with Crippen molar-refractivity contribution >= 4 is 21.6 Å². The molecule has 4 rings (SSSR count). The fourth-order valence-corrected chi connectivity index (χ4v) is 4.32. The molecule has 0 bridgehead atoms. The molecule has 1 aliphatic heterocycles. The van der Waals surface area contributed by atoms with E-state index in [9.17, 15) is 20.5 Å². The summed E-state index contributed by atoms with van der Waals surface area (Å²) in [5, 5.41) is 30.6. The Labute approximate surface area is 202 Å². The van der Waals surface area contributed by atoms with E-state index in [2.05, 4.69) is 22.0 Å². The van der Waals surface area contributed by atoms with Gasteiger partial charge in [-0.15, -0.1) is 0 Å². The van der Waals surface area contributed by atoms with Gasteiger partial charge < -0.3 is 25.1 Å². The van der Waals surface area contributed by atoms with Gasteiger partial charge in [0.15, 0.2) is 11.5 Å². The number of fused-ring (bicyclic) bond motifs is 1.